The summed E-state index contributed by atoms with van der Waals surface area (Å²) in [4.78, 5) is 40.9. The van der Waals surface area contributed by atoms with E-state index < -0.39 is 0 Å². The maximum absolute atomic E-state index is 12.8. The Bertz CT molecular complexity index is 763. The van der Waals surface area contributed by atoms with Crippen molar-refractivity contribution in [3.63, 3.8) is 0 Å². The second kappa shape index (κ2) is 6.59. The van der Waals surface area contributed by atoms with E-state index in [9.17, 15) is 14.4 Å². The summed E-state index contributed by atoms with van der Waals surface area (Å²) in [6.45, 7) is 4.95. The molecule has 1 spiro atoms. The number of carbonyl (C=O) groups excluding carboxylic acids is 2. The van der Waals surface area contributed by atoms with E-state index in [-0.39, 0.29) is 29.2 Å². The predicted molar refractivity (Wildman–Crippen MR) is 96.6 cm³/mol. The van der Waals surface area contributed by atoms with Crippen molar-refractivity contribution in [1.82, 2.24) is 20.0 Å². The van der Waals surface area contributed by atoms with Gasteiger partial charge in [0.05, 0.1) is 6.42 Å². The lowest BCUT2D eigenvalue weighted by atomic mass is 9.73. The highest BCUT2D eigenvalue weighted by Gasteiger charge is 2.43. The zero-order chi connectivity index (χ0) is 18.3. The maximum Gasteiger partial charge on any atom is 0.267 e. The molecule has 2 aliphatic heterocycles. The number of hydrogen-bond donors (Lipinski definition) is 2. The van der Waals surface area contributed by atoms with E-state index in [0.717, 1.165) is 44.6 Å². The highest BCUT2D eigenvalue weighted by Crippen LogP contribution is 2.40. The van der Waals surface area contributed by atoms with Gasteiger partial charge in [-0.05, 0) is 44.9 Å². The molecule has 1 aromatic heterocycles. The molecule has 0 unspecified atom stereocenters. The first kappa shape index (κ1) is 17.4. The Morgan fingerprint density at radius 3 is 2.69 bits per heavy atom. The van der Waals surface area contributed by atoms with Crippen molar-refractivity contribution in [1.29, 1.82) is 0 Å². The molecule has 2 amide bonds. The van der Waals surface area contributed by atoms with Gasteiger partial charge in [0.15, 0.2) is 0 Å². The number of nitrogens with zero attached hydrogens (tertiary/aromatic N) is 2. The minimum absolute atomic E-state index is 0.0166. The summed E-state index contributed by atoms with van der Waals surface area (Å²) in [5.74, 6) is 0.988. The molecule has 2 N–H and O–H groups in total. The van der Waals surface area contributed by atoms with Crippen LogP contribution >= 0.6 is 0 Å². The van der Waals surface area contributed by atoms with Crippen LogP contribution in [-0.2, 0) is 16.0 Å². The van der Waals surface area contributed by atoms with Crippen LogP contribution in [0.3, 0.4) is 0 Å². The normalized spacial score (nSPS) is 26.6. The van der Waals surface area contributed by atoms with Crippen LogP contribution in [0.25, 0.3) is 0 Å². The van der Waals surface area contributed by atoms with Gasteiger partial charge in [0.1, 0.15) is 0 Å². The molecule has 4 rings (SSSR count). The minimum atomic E-state index is -0.207. The zero-order valence-electron chi connectivity index (χ0n) is 15.5. The van der Waals surface area contributed by atoms with Gasteiger partial charge in [-0.15, -0.1) is 0 Å². The van der Waals surface area contributed by atoms with E-state index in [1.807, 2.05) is 4.90 Å². The van der Waals surface area contributed by atoms with Gasteiger partial charge >= 0.3 is 0 Å². The van der Waals surface area contributed by atoms with E-state index in [2.05, 4.69) is 15.1 Å². The molecular formula is C19H28N4O3. The first-order chi connectivity index (χ1) is 12.5. The maximum atomic E-state index is 12.8. The molecule has 7 nitrogen and oxygen atoms in total. The number of H-pyrrole nitrogens is 2. The third-order valence-electron chi connectivity index (χ3n) is 6.36. The van der Waals surface area contributed by atoms with Crippen molar-refractivity contribution in [2.24, 2.45) is 11.3 Å². The molecule has 142 valence electrons. The average Bonchev–Trinajstić information content (AvgIpc) is 3.39. The van der Waals surface area contributed by atoms with Crippen molar-refractivity contribution >= 4 is 11.8 Å². The molecule has 1 atom stereocenters. The van der Waals surface area contributed by atoms with Crippen LogP contribution in [0.5, 0.6) is 0 Å². The number of rotatable bonds is 4. The van der Waals surface area contributed by atoms with E-state index in [0.29, 0.717) is 24.4 Å². The Morgan fingerprint density at radius 2 is 2.00 bits per heavy atom. The second-order valence-corrected chi connectivity index (χ2v) is 8.50. The van der Waals surface area contributed by atoms with E-state index in [4.69, 9.17) is 0 Å². The summed E-state index contributed by atoms with van der Waals surface area (Å²) in [6.07, 6.45) is 6.16. The van der Waals surface area contributed by atoms with Gasteiger partial charge in [0.25, 0.3) is 5.56 Å². The highest BCUT2D eigenvalue weighted by atomic mass is 16.2. The molecule has 1 aliphatic carbocycles. The van der Waals surface area contributed by atoms with Gasteiger partial charge < -0.3 is 14.9 Å². The lowest BCUT2D eigenvalue weighted by Gasteiger charge is -2.48. The zero-order valence-corrected chi connectivity index (χ0v) is 15.5. The number of nitrogens with one attached hydrogen (secondary N) is 2. The summed E-state index contributed by atoms with van der Waals surface area (Å²) in [5, 5.41) is 5.33. The fourth-order valence-corrected chi connectivity index (χ4v) is 4.58. The van der Waals surface area contributed by atoms with Crippen LogP contribution in [-0.4, -0.2) is 58.0 Å². The van der Waals surface area contributed by atoms with Gasteiger partial charge in [-0.3, -0.25) is 19.5 Å². The largest absolute Gasteiger partial charge is 0.342 e. The number of amides is 2. The number of likely N-dealkylation sites (tertiary alicyclic amines) is 2. The van der Waals surface area contributed by atoms with Crippen LogP contribution in [0.4, 0.5) is 0 Å². The predicted octanol–water partition coefficient (Wildman–Crippen LogP) is 1.20. The van der Waals surface area contributed by atoms with Crippen molar-refractivity contribution in [2.75, 3.05) is 26.2 Å². The van der Waals surface area contributed by atoms with Crippen molar-refractivity contribution in [3.8, 4) is 0 Å². The summed E-state index contributed by atoms with van der Waals surface area (Å²) < 4.78 is 0. The van der Waals surface area contributed by atoms with Gasteiger partial charge in [0.2, 0.25) is 11.8 Å². The molecular weight excluding hydrogens is 332 g/mol. The van der Waals surface area contributed by atoms with Crippen molar-refractivity contribution in [3.05, 3.63) is 21.6 Å². The smallest absolute Gasteiger partial charge is 0.267 e. The van der Waals surface area contributed by atoms with Crippen LogP contribution in [0.15, 0.2) is 4.79 Å². The number of aryl methyl sites for hydroxylation is 1. The SMILES string of the molecule is Cc1[nH][nH]c(=O)c1CC(=O)N1CCC[C@]2(CCC(=O)N(CC3CC3)C2)C1. The molecule has 0 aromatic carbocycles. The quantitative estimate of drug-likeness (QED) is 0.845. The first-order valence-corrected chi connectivity index (χ1v) is 9.77. The molecule has 7 heteroatoms. The second-order valence-electron chi connectivity index (χ2n) is 8.50. The Morgan fingerprint density at radius 1 is 1.19 bits per heavy atom. The molecule has 3 heterocycles. The first-order valence-electron chi connectivity index (χ1n) is 9.77. The number of aromatic amines is 2. The Labute approximate surface area is 153 Å². The minimum Gasteiger partial charge on any atom is -0.342 e. The standard InChI is InChI=1S/C19H28N4O3/c1-13-15(18(26)21-20-13)9-17(25)22-8-2-6-19(11-22)7-5-16(24)23(12-19)10-14-3-4-14/h14H,2-12H2,1H3,(H2,20,21,26)/t19-/m0/s1. The van der Waals surface area contributed by atoms with E-state index in [1.165, 1.54) is 12.8 Å². The molecule has 3 fully saturated rings. The molecule has 1 saturated carbocycles. The topological polar surface area (TPSA) is 89.3 Å². The third-order valence-corrected chi connectivity index (χ3v) is 6.36. The van der Waals surface area contributed by atoms with Crippen molar-refractivity contribution < 1.29 is 9.59 Å². The van der Waals surface area contributed by atoms with E-state index >= 15 is 0 Å². The lowest BCUT2D eigenvalue weighted by Crippen LogP contribution is -2.55. The Hall–Kier alpha value is -2.05. The lowest BCUT2D eigenvalue weighted by molar-refractivity contribution is -0.143. The molecule has 26 heavy (non-hydrogen) atoms. The van der Waals surface area contributed by atoms with Crippen LogP contribution < -0.4 is 5.56 Å². The van der Waals surface area contributed by atoms with Crippen LogP contribution in [0, 0.1) is 18.3 Å². The number of carbonyl (C=O) groups is 2. The van der Waals surface area contributed by atoms with Gasteiger partial charge in [-0.25, -0.2) is 0 Å². The van der Waals surface area contributed by atoms with Gasteiger partial charge in [-0.2, -0.15) is 0 Å². The molecule has 0 bridgehead atoms. The van der Waals surface area contributed by atoms with Crippen LogP contribution in [0.1, 0.15) is 49.8 Å². The monoisotopic (exact) mass is 360 g/mol. The van der Waals surface area contributed by atoms with Crippen molar-refractivity contribution in [2.45, 2.75) is 51.9 Å². The Balaban J connectivity index is 1.43. The third kappa shape index (κ3) is 3.44. The fraction of sp³-hybridized carbons (Fsp3) is 0.737. The summed E-state index contributed by atoms with van der Waals surface area (Å²) in [7, 11) is 0. The molecule has 1 aromatic rings. The molecule has 2 saturated heterocycles. The van der Waals surface area contributed by atoms with E-state index in [1.54, 1.807) is 6.92 Å². The van der Waals surface area contributed by atoms with Crippen LogP contribution in [0.2, 0.25) is 0 Å². The highest BCUT2D eigenvalue weighted by molar-refractivity contribution is 5.79. The number of hydrogen-bond acceptors (Lipinski definition) is 3. The Kier molecular flexibility index (Phi) is 4.40. The number of aromatic nitrogens is 2. The molecule has 3 aliphatic rings. The molecule has 0 radical (unpaired) electrons. The fourth-order valence-electron chi connectivity index (χ4n) is 4.58. The summed E-state index contributed by atoms with van der Waals surface area (Å²) in [5.41, 5.74) is 1.09. The number of piperidine rings is 2. The van der Waals surface area contributed by atoms with Gasteiger partial charge in [-0.1, -0.05) is 0 Å². The summed E-state index contributed by atoms with van der Waals surface area (Å²) >= 11 is 0. The van der Waals surface area contributed by atoms with Gasteiger partial charge in [0, 0.05) is 49.3 Å². The summed E-state index contributed by atoms with van der Waals surface area (Å²) in [6, 6.07) is 0. The average molecular weight is 360 g/mol.